The van der Waals surface area contributed by atoms with E-state index in [0.29, 0.717) is 27.7 Å². The maximum Gasteiger partial charge on any atom is 0.269 e. The molecule has 1 fully saturated rings. The van der Waals surface area contributed by atoms with Crippen molar-refractivity contribution in [2.45, 2.75) is 49.3 Å². The van der Waals surface area contributed by atoms with E-state index in [4.69, 9.17) is 9.84 Å². The summed E-state index contributed by atoms with van der Waals surface area (Å²) in [7, 11) is 0. The monoisotopic (exact) mass is 518 g/mol. The zero-order valence-corrected chi connectivity index (χ0v) is 20.2. The van der Waals surface area contributed by atoms with Crippen LogP contribution in [-0.4, -0.2) is 88.7 Å². The number of hydrogen-bond donors (Lipinski definition) is 4. The van der Waals surface area contributed by atoms with Crippen LogP contribution in [-0.2, 0) is 4.74 Å². The van der Waals surface area contributed by atoms with Gasteiger partial charge in [0.15, 0.2) is 22.1 Å². The van der Waals surface area contributed by atoms with Crippen molar-refractivity contribution in [2.24, 2.45) is 5.10 Å². The van der Waals surface area contributed by atoms with Crippen molar-refractivity contribution in [3.63, 3.8) is 0 Å². The minimum Gasteiger partial charge on any atom is -0.394 e. The van der Waals surface area contributed by atoms with Crippen LogP contribution in [0.2, 0.25) is 0 Å². The second kappa shape index (κ2) is 11.7. The van der Waals surface area contributed by atoms with E-state index < -0.39 is 29.3 Å². The van der Waals surface area contributed by atoms with Crippen molar-refractivity contribution in [3.8, 4) is 0 Å². The molecular formula is C21H26N8O6S. The molecule has 1 aliphatic rings. The van der Waals surface area contributed by atoms with Gasteiger partial charge in [-0.1, -0.05) is 23.9 Å². The molecular weight excluding hydrogens is 492 g/mol. The maximum absolute atomic E-state index is 10.8. The number of nitro benzene ring substituents is 1. The Bertz CT molecular complexity index is 1220. The molecule has 4 rings (SSSR count). The van der Waals surface area contributed by atoms with Gasteiger partial charge in [0.05, 0.1) is 36.5 Å². The highest BCUT2D eigenvalue weighted by Gasteiger charge is 2.44. The summed E-state index contributed by atoms with van der Waals surface area (Å²) in [6.45, 7) is 1.88. The van der Waals surface area contributed by atoms with Gasteiger partial charge in [-0.15, -0.1) is 5.10 Å². The summed E-state index contributed by atoms with van der Waals surface area (Å²) < 4.78 is 6.92. The van der Waals surface area contributed by atoms with E-state index in [1.165, 1.54) is 34.8 Å². The van der Waals surface area contributed by atoms with Crippen molar-refractivity contribution in [2.75, 3.05) is 24.4 Å². The lowest BCUT2D eigenvalue weighted by atomic mass is 10.2. The molecule has 1 aromatic carbocycles. The number of anilines is 1. The average molecular weight is 519 g/mol. The predicted octanol–water partition coefficient (Wildman–Crippen LogP) is 1.12. The minimum atomic E-state index is -1.17. The Kier molecular flexibility index (Phi) is 8.37. The predicted molar refractivity (Wildman–Crippen MR) is 131 cm³/mol. The van der Waals surface area contributed by atoms with Gasteiger partial charge in [0.25, 0.3) is 5.69 Å². The molecule has 14 nitrogen and oxygen atoms in total. The van der Waals surface area contributed by atoms with Crippen LogP contribution in [0.3, 0.4) is 0 Å². The van der Waals surface area contributed by atoms with Crippen LogP contribution in [0.4, 0.5) is 11.5 Å². The van der Waals surface area contributed by atoms with Crippen molar-refractivity contribution in [3.05, 3.63) is 39.9 Å². The van der Waals surface area contributed by atoms with E-state index in [2.05, 4.69) is 30.8 Å². The largest absolute Gasteiger partial charge is 0.394 e. The molecule has 0 saturated heterocycles. The van der Waals surface area contributed by atoms with Crippen LogP contribution in [0, 0.1) is 10.1 Å². The molecule has 0 bridgehead atoms. The number of non-ortho nitro benzene ring substituents is 1. The van der Waals surface area contributed by atoms with Gasteiger partial charge in [0, 0.05) is 24.3 Å². The quantitative estimate of drug-likeness (QED) is 0.0930. The molecule has 192 valence electrons. The Labute approximate surface area is 209 Å². The normalized spacial score (nSPS) is 22.0. The zero-order chi connectivity index (χ0) is 25.7. The number of aromatic nitrogens is 5. The van der Waals surface area contributed by atoms with Crippen LogP contribution in [0.1, 0.15) is 31.4 Å². The Morgan fingerprint density at radius 3 is 2.78 bits per heavy atom. The lowest BCUT2D eigenvalue weighted by Gasteiger charge is -2.17. The SMILES string of the molecule is CCCSc1nc(N/N=C/c2ccc([N+](=O)[O-])cc2)c2nnn([C@@H]3C[C@H](OCCO)[C@@H](O)[C@H]3O)c2n1. The molecule has 0 radical (unpaired) electrons. The second-order valence-electron chi connectivity index (χ2n) is 8.05. The highest BCUT2D eigenvalue weighted by molar-refractivity contribution is 7.99. The first-order valence-corrected chi connectivity index (χ1v) is 12.3. The Balaban J connectivity index is 1.61. The van der Waals surface area contributed by atoms with Gasteiger partial charge in [0.1, 0.15) is 12.2 Å². The number of fused-ring (bicyclic) bond motifs is 1. The number of thioether (sulfide) groups is 1. The molecule has 15 heteroatoms. The Hall–Kier alpha value is -3.24. The van der Waals surface area contributed by atoms with E-state index in [9.17, 15) is 20.3 Å². The average Bonchev–Trinajstić information content (AvgIpc) is 3.42. The van der Waals surface area contributed by atoms with Gasteiger partial charge in [-0.2, -0.15) is 5.10 Å². The van der Waals surface area contributed by atoms with Gasteiger partial charge in [-0.3, -0.25) is 15.5 Å². The number of nitrogens with one attached hydrogen (secondary N) is 1. The number of hydrazone groups is 1. The lowest BCUT2D eigenvalue weighted by molar-refractivity contribution is -0.384. The van der Waals surface area contributed by atoms with E-state index in [1.807, 2.05) is 6.92 Å². The fraction of sp³-hybridized carbons (Fsp3) is 0.476. The summed E-state index contributed by atoms with van der Waals surface area (Å²) in [6, 6.07) is 5.26. The molecule has 2 heterocycles. The summed E-state index contributed by atoms with van der Waals surface area (Å²) in [5.41, 5.74) is 4.14. The second-order valence-corrected chi connectivity index (χ2v) is 9.11. The zero-order valence-electron chi connectivity index (χ0n) is 19.3. The van der Waals surface area contributed by atoms with Crippen molar-refractivity contribution in [1.82, 2.24) is 25.0 Å². The summed E-state index contributed by atoms with van der Waals surface area (Å²) in [6.07, 6.45) is -0.347. The molecule has 4 N–H and O–H groups in total. The molecule has 0 amide bonds. The summed E-state index contributed by atoms with van der Waals surface area (Å²) in [4.78, 5) is 19.4. The van der Waals surface area contributed by atoms with Gasteiger partial charge < -0.3 is 20.1 Å². The fourth-order valence-corrected chi connectivity index (χ4v) is 4.49. The number of nitrogens with zero attached hydrogens (tertiary/aromatic N) is 7. The molecule has 2 aromatic heterocycles. The van der Waals surface area contributed by atoms with Gasteiger partial charge in [0.2, 0.25) is 0 Å². The van der Waals surface area contributed by atoms with Crippen LogP contribution < -0.4 is 5.43 Å². The number of aliphatic hydroxyl groups excluding tert-OH is 3. The number of benzene rings is 1. The van der Waals surface area contributed by atoms with Crippen LogP contribution in [0.5, 0.6) is 0 Å². The number of ether oxygens (including phenoxy) is 1. The number of aliphatic hydroxyl groups is 3. The van der Waals surface area contributed by atoms with Crippen molar-refractivity contribution < 1.29 is 25.0 Å². The maximum atomic E-state index is 10.8. The van der Waals surface area contributed by atoms with Gasteiger partial charge in [-0.05, 0) is 24.1 Å². The third-order valence-electron chi connectivity index (χ3n) is 5.56. The Morgan fingerprint density at radius 2 is 2.08 bits per heavy atom. The highest BCUT2D eigenvalue weighted by Crippen LogP contribution is 2.35. The fourth-order valence-electron chi connectivity index (χ4n) is 3.80. The van der Waals surface area contributed by atoms with E-state index in [0.717, 1.165) is 12.2 Å². The summed E-state index contributed by atoms with van der Waals surface area (Å²) >= 11 is 1.44. The molecule has 0 spiro atoms. The molecule has 1 saturated carbocycles. The molecule has 0 aliphatic heterocycles. The first kappa shape index (κ1) is 25.8. The standard InChI is InChI=1S/C21H26N8O6S/c1-2-9-36-21-23-19(26-22-11-12-3-5-13(6-4-12)29(33)34)16-20(24-21)28(27-25-16)14-10-15(35-8-7-30)18(32)17(14)31/h3-6,11,14-15,17-18,30-32H,2,7-10H2,1H3,(H,23,24,26)/b22-11+/t14-,15+,17+,18-/m1/s1. The van der Waals surface area contributed by atoms with Gasteiger partial charge in [-0.25, -0.2) is 14.6 Å². The van der Waals surface area contributed by atoms with Crippen molar-refractivity contribution >= 4 is 40.6 Å². The van der Waals surface area contributed by atoms with E-state index >= 15 is 0 Å². The van der Waals surface area contributed by atoms with Crippen LogP contribution >= 0.6 is 11.8 Å². The number of rotatable bonds is 11. The molecule has 1 aliphatic carbocycles. The summed E-state index contributed by atoms with van der Waals surface area (Å²) in [5.74, 6) is 1.07. The first-order chi connectivity index (χ1) is 17.4. The Morgan fingerprint density at radius 1 is 1.31 bits per heavy atom. The topological polar surface area (TPSA) is 194 Å². The molecule has 4 atom stereocenters. The molecule has 36 heavy (non-hydrogen) atoms. The van der Waals surface area contributed by atoms with Crippen LogP contribution in [0.25, 0.3) is 11.2 Å². The van der Waals surface area contributed by atoms with Crippen molar-refractivity contribution in [1.29, 1.82) is 0 Å². The third-order valence-corrected chi connectivity index (χ3v) is 6.62. The van der Waals surface area contributed by atoms with E-state index in [1.54, 1.807) is 12.1 Å². The third kappa shape index (κ3) is 5.60. The van der Waals surface area contributed by atoms with Gasteiger partial charge >= 0.3 is 0 Å². The van der Waals surface area contributed by atoms with E-state index in [-0.39, 0.29) is 25.3 Å². The minimum absolute atomic E-state index is 0.0185. The number of nitro groups is 1. The molecule has 3 aromatic rings. The van der Waals surface area contributed by atoms with Crippen LogP contribution in [0.15, 0.2) is 34.5 Å². The molecule has 0 unspecified atom stereocenters. The highest BCUT2D eigenvalue weighted by atomic mass is 32.2. The summed E-state index contributed by atoms with van der Waals surface area (Å²) in [5, 5.41) is 53.9. The smallest absolute Gasteiger partial charge is 0.269 e. The first-order valence-electron chi connectivity index (χ1n) is 11.3. The number of hydrogen-bond acceptors (Lipinski definition) is 13. The lowest BCUT2D eigenvalue weighted by Crippen LogP contribution is -2.33.